The molecule has 4 heteroatoms. The van der Waals surface area contributed by atoms with Gasteiger partial charge in [-0.2, -0.15) is 0 Å². The molecule has 2 rings (SSSR count). The number of hydrogen-bond donors (Lipinski definition) is 1. The van der Waals surface area contributed by atoms with Gasteiger partial charge in [0.1, 0.15) is 6.10 Å². The maximum atomic E-state index is 6.10. The Balaban J connectivity index is 1.94. The van der Waals surface area contributed by atoms with Crippen LogP contribution in [0.4, 0.5) is 0 Å². The summed E-state index contributed by atoms with van der Waals surface area (Å²) in [4.78, 5) is 1.24. The summed E-state index contributed by atoms with van der Waals surface area (Å²) in [5.41, 5.74) is 5.80. The van der Waals surface area contributed by atoms with Gasteiger partial charge in [0.25, 0.3) is 0 Å². The summed E-state index contributed by atoms with van der Waals surface area (Å²) in [6.07, 6.45) is 6.86. The fourth-order valence-corrected chi connectivity index (χ4v) is 3.66. The predicted molar refractivity (Wildman–Crippen MR) is 71.8 cm³/mol. The van der Waals surface area contributed by atoms with E-state index in [9.17, 15) is 0 Å². The van der Waals surface area contributed by atoms with Gasteiger partial charge in [-0.3, -0.25) is 0 Å². The van der Waals surface area contributed by atoms with Crippen LogP contribution in [0.15, 0.2) is 15.9 Å². The van der Waals surface area contributed by atoms with Crippen LogP contribution < -0.4 is 5.73 Å². The molecule has 1 fully saturated rings. The zero-order valence-electron chi connectivity index (χ0n) is 9.32. The molecule has 16 heavy (non-hydrogen) atoms. The van der Waals surface area contributed by atoms with Gasteiger partial charge in [-0.25, -0.2) is 0 Å². The smallest absolute Gasteiger partial charge is 0.104 e. The third-order valence-electron chi connectivity index (χ3n) is 3.03. The lowest BCUT2D eigenvalue weighted by Crippen LogP contribution is -2.23. The Kier molecular flexibility index (Phi) is 4.82. The van der Waals surface area contributed by atoms with E-state index < -0.39 is 0 Å². The average molecular weight is 304 g/mol. The van der Waals surface area contributed by atoms with Crippen LogP contribution in [0.3, 0.4) is 0 Å². The quantitative estimate of drug-likeness (QED) is 0.916. The van der Waals surface area contributed by atoms with Gasteiger partial charge in [0.2, 0.25) is 0 Å². The molecule has 1 aromatic rings. The van der Waals surface area contributed by atoms with Crippen LogP contribution in [0.25, 0.3) is 0 Å². The van der Waals surface area contributed by atoms with Crippen LogP contribution in [0.2, 0.25) is 0 Å². The molecule has 0 aliphatic heterocycles. The second-order valence-electron chi connectivity index (χ2n) is 4.29. The van der Waals surface area contributed by atoms with Gasteiger partial charge in [-0.15, -0.1) is 11.3 Å². The first-order valence-corrected chi connectivity index (χ1v) is 7.56. The summed E-state index contributed by atoms with van der Waals surface area (Å²) < 4.78 is 7.23. The van der Waals surface area contributed by atoms with Crippen molar-refractivity contribution in [1.29, 1.82) is 0 Å². The van der Waals surface area contributed by atoms with E-state index in [0.717, 1.165) is 4.47 Å². The number of thiophene rings is 1. The van der Waals surface area contributed by atoms with Crippen LogP contribution in [0.5, 0.6) is 0 Å². The Hall–Kier alpha value is 0.1000. The van der Waals surface area contributed by atoms with Crippen LogP contribution in [-0.2, 0) is 4.74 Å². The van der Waals surface area contributed by atoms with Crippen molar-refractivity contribution >= 4 is 27.3 Å². The molecule has 1 unspecified atom stereocenters. The summed E-state index contributed by atoms with van der Waals surface area (Å²) in [7, 11) is 0. The molecule has 2 nitrogen and oxygen atoms in total. The molecule has 1 atom stereocenters. The highest BCUT2D eigenvalue weighted by atomic mass is 79.9. The van der Waals surface area contributed by atoms with Crippen LogP contribution in [0.1, 0.15) is 43.1 Å². The SMILES string of the molecule is NCC(OC1CCCCC1)c1cc(Br)cs1. The van der Waals surface area contributed by atoms with E-state index in [1.165, 1.54) is 37.0 Å². The van der Waals surface area contributed by atoms with Crippen LogP contribution >= 0.6 is 27.3 Å². The average Bonchev–Trinajstić information content (AvgIpc) is 2.74. The van der Waals surface area contributed by atoms with E-state index in [-0.39, 0.29) is 6.10 Å². The molecule has 1 saturated carbocycles. The van der Waals surface area contributed by atoms with Gasteiger partial charge in [0, 0.05) is 21.3 Å². The molecular formula is C12H18BrNOS. The van der Waals surface area contributed by atoms with E-state index in [2.05, 4.69) is 27.4 Å². The molecule has 0 saturated heterocycles. The van der Waals surface area contributed by atoms with Crippen molar-refractivity contribution < 1.29 is 4.74 Å². The third kappa shape index (κ3) is 3.29. The lowest BCUT2D eigenvalue weighted by atomic mass is 9.97. The molecule has 0 radical (unpaired) electrons. The molecule has 2 N–H and O–H groups in total. The minimum absolute atomic E-state index is 0.0828. The first-order chi connectivity index (χ1) is 7.79. The molecule has 1 heterocycles. The van der Waals surface area contributed by atoms with Crippen molar-refractivity contribution in [2.45, 2.75) is 44.3 Å². The van der Waals surface area contributed by atoms with Gasteiger partial charge in [-0.1, -0.05) is 19.3 Å². The van der Waals surface area contributed by atoms with E-state index in [1.54, 1.807) is 11.3 Å². The minimum atomic E-state index is 0.0828. The zero-order valence-corrected chi connectivity index (χ0v) is 11.7. The van der Waals surface area contributed by atoms with Crippen LogP contribution in [0, 0.1) is 0 Å². The Morgan fingerprint density at radius 2 is 2.19 bits per heavy atom. The highest BCUT2D eigenvalue weighted by Gasteiger charge is 2.20. The Morgan fingerprint density at radius 1 is 1.44 bits per heavy atom. The second kappa shape index (κ2) is 6.15. The summed E-state index contributed by atoms with van der Waals surface area (Å²) in [6.45, 7) is 0.573. The first kappa shape index (κ1) is 12.6. The van der Waals surface area contributed by atoms with Gasteiger partial charge in [0.05, 0.1) is 6.10 Å². The first-order valence-electron chi connectivity index (χ1n) is 5.89. The fraction of sp³-hybridized carbons (Fsp3) is 0.667. The molecule has 0 bridgehead atoms. The molecule has 1 aliphatic carbocycles. The van der Waals surface area contributed by atoms with E-state index in [0.29, 0.717) is 12.6 Å². The lowest BCUT2D eigenvalue weighted by molar-refractivity contribution is -0.0252. The van der Waals surface area contributed by atoms with Gasteiger partial charge >= 0.3 is 0 Å². The minimum Gasteiger partial charge on any atom is -0.368 e. The van der Waals surface area contributed by atoms with E-state index in [1.807, 2.05) is 0 Å². The highest BCUT2D eigenvalue weighted by molar-refractivity contribution is 9.10. The van der Waals surface area contributed by atoms with Gasteiger partial charge in [0.15, 0.2) is 0 Å². The molecule has 1 aromatic heterocycles. The van der Waals surface area contributed by atoms with Gasteiger partial charge < -0.3 is 10.5 Å². The molecule has 0 spiro atoms. The maximum Gasteiger partial charge on any atom is 0.104 e. The topological polar surface area (TPSA) is 35.2 Å². The zero-order chi connectivity index (χ0) is 11.4. The third-order valence-corrected chi connectivity index (χ3v) is 4.81. The summed E-state index contributed by atoms with van der Waals surface area (Å²) in [5.74, 6) is 0. The number of halogens is 1. The normalized spacial score (nSPS) is 19.9. The summed E-state index contributed by atoms with van der Waals surface area (Å²) in [6, 6.07) is 2.12. The Labute approximate surface area is 109 Å². The predicted octanol–water partition coefficient (Wildman–Crippen LogP) is 3.86. The number of rotatable bonds is 4. The number of nitrogens with two attached hydrogens (primary N) is 1. The standard InChI is InChI=1S/C12H18BrNOS/c13-9-6-12(16-8-9)11(7-14)15-10-4-2-1-3-5-10/h6,8,10-11H,1-5,7,14H2. The largest absolute Gasteiger partial charge is 0.368 e. The molecule has 0 amide bonds. The second-order valence-corrected chi connectivity index (χ2v) is 6.15. The highest BCUT2D eigenvalue weighted by Crippen LogP contribution is 2.31. The van der Waals surface area contributed by atoms with Crippen molar-refractivity contribution in [3.05, 3.63) is 20.8 Å². The fourth-order valence-electron chi connectivity index (χ4n) is 2.17. The Morgan fingerprint density at radius 3 is 2.75 bits per heavy atom. The number of ether oxygens (including phenoxy) is 1. The van der Waals surface area contributed by atoms with Crippen molar-refractivity contribution in [3.8, 4) is 0 Å². The molecule has 0 aromatic carbocycles. The summed E-state index contributed by atoms with van der Waals surface area (Å²) >= 11 is 5.19. The van der Waals surface area contributed by atoms with E-state index in [4.69, 9.17) is 10.5 Å². The monoisotopic (exact) mass is 303 g/mol. The number of hydrogen-bond acceptors (Lipinski definition) is 3. The Bertz CT molecular complexity index is 323. The molecule has 90 valence electrons. The van der Waals surface area contributed by atoms with Crippen molar-refractivity contribution in [1.82, 2.24) is 0 Å². The van der Waals surface area contributed by atoms with Crippen LogP contribution in [-0.4, -0.2) is 12.6 Å². The van der Waals surface area contributed by atoms with Crippen molar-refractivity contribution in [3.63, 3.8) is 0 Å². The van der Waals surface area contributed by atoms with Crippen molar-refractivity contribution in [2.75, 3.05) is 6.54 Å². The molecule has 1 aliphatic rings. The van der Waals surface area contributed by atoms with Crippen molar-refractivity contribution in [2.24, 2.45) is 5.73 Å². The molecular weight excluding hydrogens is 286 g/mol. The lowest BCUT2D eigenvalue weighted by Gasteiger charge is -2.26. The summed E-state index contributed by atoms with van der Waals surface area (Å²) in [5, 5.41) is 2.09. The van der Waals surface area contributed by atoms with Gasteiger partial charge in [-0.05, 0) is 34.8 Å². The van der Waals surface area contributed by atoms with E-state index >= 15 is 0 Å². The maximum absolute atomic E-state index is 6.10.